The van der Waals surface area contributed by atoms with E-state index in [-0.39, 0.29) is 11.9 Å². The van der Waals surface area contributed by atoms with Crippen LogP contribution >= 0.6 is 0 Å². The van der Waals surface area contributed by atoms with Gasteiger partial charge in [0.25, 0.3) is 0 Å². The lowest BCUT2D eigenvalue weighted by molar-refractivity contribution is -0.129. The van der Waals surface area contributed by atoms with Gasteiger partial charge >= 0.3 is 0 Å². The van der Waals surface area contributed by atoms with Crippen LogP contribution < -0.4 is 5.32 Å². The largest absolute Gasteiger partial charge is 0.353 e. The molecule has 0 saturated carbocycles. The molecule has 1 aromatic carbocycles. The molecule has 1 amide bonds. The van der Waals surface area contributed by atoms with E-state index in [2.05, 4.69) is 27.3 Å². The van der Waals surface area contributed by atoms with Gasteiger partial charge < -0.3 is 9.88 Å². The van der Waals surface area contributed by atoms with Crippen molar-refractivity contribution >= 4 is 5.91 Å². The van der Waals surface area contributed by atoms with E-state index in [0.29, 0.717) is 6.54 Å². The summed E-state index contributed by atoms with van der Waals surface area (Å²) in [5, 5.41) is 2.97. The van der Waals surface area contributed by atoms with E-state index in [0.717, 1.165) is 25.2 Å². The fraction of sp³-hybridized carbons (Fsp3) is 0.375. The topological polar surface area (TPSA) is 50.2 Å². The molecule has 0 unspecified atom stereocenters. The molecule has 1 aliphatic heterocycles. The number of aromatic nitrogens is 2. The Labute approximate surface area is 124 Å². The highest BCUT2D eigenvalue weighted by Gasteiger charge is 2.30. The average molecular weight is 284 g/mol. The quantitative estimate of drug-likeness (QED) is 0.910. The van der Waals surface area contributed by atoms with Gasteiger partial charge in [-0.15, -0.1) is 0 Å². The van der Waals surface area contributed by atoms with Gasteiger partial charge in [-0.2, -0.15) is 0 Å². The SMILES string of the molecule is Cn1cncc1CN1CCNC(=O)[C@@H]1Cc1ccccc1. The first kappa shape index (κ1) is 13.8. The van der Waals surface area contributed by atoms with Gasteiger partial charge in [0.05, 0.1) is 18.1 Å². The molecule has 1 aliphatic rings. The zero-order valence-electron chi connectivity index (χ0n) is 12.2. The third-order valence-electron chi connectivity index (χ3n) is 4.00. The minimum Gasteiger partial charge on any atom is -0.353 e. The summed E-state index contributed by atoms with van der Waals surface area (Å²) in [6.07, 6.45) is 4.40. The van der Waals surface area contributed by atoms with Crippen LogP contribution in [0.15, 0.2) is 42.9 Å². The number of carbonyl (C=O) groups excluding carboxylic acids is 1. The smallest absolute Gasteiger partial charge is 0.237 e. The van der Waals surface area contributed by atoms with Crippen LogP contribution in [0.5, 0.6) is 0 Å². The summed E-state index contributed by atoms with van der Waals surface area (Å²) in [6.45, 7) is 2.33. The van der Waals surface area contributed by atoms with E-state index in [9.17, 15) is 4.79 Å². The molecule has 3 rings (SSSR count). The maximum absolute atomic E-state index is 12.2. The van der Waals surface area contributed by atoms with Crippen molar-refractivity contribution in [2.45, 2.75) is 19.0 Å². The van der Waals surface area contributed by atoms with Gasteiger partial charge in [-0.1, -0.05) is 30.3 Å². The van der Waals surface area contributed by atoms with Gasteiger partial charge in [0, 0.05) is 32.9 Å². The zero-order chi connectivity index (χ0) is 14.7. The molecule has 0 aliphatic carbocycles. The molecule has 2 aromatic rings. The van der Waals surface area contributed by atoms with Crippen LogP contribution in [0.1, 0.15) is 11.3 Å². The highest BCUT2D eigenvalue weighted by molar-refractivity contribution is 5.82. The summed E-state index contributed by atoms with van der Waals surface area (Å²) < 4.78 is 2.01. The van der Waals surface area contributed by atoms with Crippen LogP contribution in [0.25, 0.3) is 0 Å². The number of carbonyl (C=O) groups is 1. The molecule has 5 nitrogen and oxygen atoms in total. The highest BCUT2D eigenvalue weighted by Crippen LogP contribution is 2.15. The Hall–Kier alpha value is -2.14. The number of amides is 1. The first-order chi connectivity index (χ1) is 10.2. The summed E-state index contributed by atoms with van der Waals surface area (Å²) in [5.41, 5.74) is 2.32. The van der Waals surface area contributed by atoms with E-state index in [4.69, 9.17) is 0 Å². The highest BCUT2D eigenvalue weighted by atomic mass is 16.2. The fourth-order valence-corrected chi connectivity index (χ4v) is 2.76. The van der Waals surface area contributed by atoms with E-state index in [1.54, 1.807) is 6.33 Å². The van der Waals surface area contributed by atoms with Crippen molar-refractivity contribution in [2.24, 2.45) is 7.05 Å². The third kappa shape index (κ3) is 3.13. The van der Waals surface area contributed by atoms with E-state index in [1.165, 1.54) is 5.56 Å². The lowest BCUT2D eigenvalue weighted by atomic mass is 10.0. The Morgan fingerprint density at radius 3 is 2.86 bits per heavy atom. The van der Waals surface area contributed by atoms with E-state index >= 15 is 0 Å². The Morgan fingerprint density at radius 2 is 2.14 bits per heavy atom. The maximum atomic E-state index is 12.2. The molecule has 5 heteroatoms. The molecule has 1 aromatic heterocycles. The molecule has 1 saturated heterocycles. The summed E-state index contributed by atoms with van der Waals surface area (Å²) in [7, 11) is 1.98. The van der Waals surface area contributed by atoms with Crippen molar-refractivity contribution in [3.63, 3.8) is 0 Å². The molecule has 1 atom stereocenters. The van der Waals surface area contributed by atoms with Crippen molar-refractivity contribution in [1.82, 2.24) is 19.8 Å². The number of nitrogens with one attached hydrogen (secondary N) is 1. The standard InChI is InChI=1S/C16H20N4O/c1-19-12-17-10-14(19)11-20-8-7-18-16(21)15(20)9-13-5-3-2-4-6-13/h2-6,10,12,15H,7-9,11H2,1H3,(H,18,21)/t15-/m0/s1. The Bertz CT molecular complexity index is 608. The molecule has 0 spiro atoms. The van der Waals surface area contributed by atoms with Crippen LogP contribution in [0.3, 0.4) is 0 Å². The summed E-state index contributed by atoms with van der Waals surface area (Å²) >= 11 is 0. The maximum Gasteiger partial charge on any atom is 0.237 e. The normalized spacial score (nSPS) is 19.5. The predicted octanol–water partition coefficient (Wildman–Crippen LogP) is 0.963. The molecule has 21 heavy (non-hydrogen) atoms. The molecular formula is C16H20N4O. The molecule has 0 radical (unpaired) electrons. The number of rotatable bonds is 4. The minimum absolute atomic E-state index is 0.115. The van der Waals surface area contributed by atoms with Crippen molar-refractivity contribution in [3.05, 3.63) is 54.1 Å². The van der Waals surface area contributed by atoms with Crippen molar-refractivity contribution < 1.29 is 4.79 Å². The average Bonchev–Trinajstić information content (AvgIpc) is 2.89. The minimum atomic E-state index is -0.115. The number of hydrogen-bond acceptors (Lipinski definition) is 3. The van der Waals surface area contributed by atoms with Crippen molar-refractivity contribution in [2.75, 3.05) is 13.1 Å². The molecule has 110 valence electrons. The molecule has 1 fully saturated rings. The van der Waals surface area contributed by atoms with Gasteiger partial charge in [-0.05, 0) is 12.0 Å². The summed E-state index contributed by atoms with van der Waals surface area (Å²) in [5.74, 6) is 0.118. The van der Waals surface area contributed by atoms with Crippen molar-refractivity contribution in [1.29, 1.82) is 0 Å². The summed E-state index contributed by atoms with van der Waals surface area (Å²) in [6, 6.07) is 10.1. The van der Waals surface area contributed by atoms with E-state index in [1.807, 2.05) is 36.0 Å². The van der Waals surface area contributed by atoms with Crippen LogP contribution in [0, 0.1) is 0 Å². The molecule has 1 N–H and O–H groups in total. The van der Waals surface area contributed by atoms with Crippen LogP contribution in [-0.4, -0.2) is 39.5 Å². The first-order valence-electron chi connectivity index (χ1n) is 7.25. The second-order valence-electron chi connectivity index (χ2n) is 5.46. The lowest BCUT2D eigenvalue weighted by Gasteiger charge is -2.35. The van der Waals surface area contributed by atoms with Gasteiger partial charge in [0.1, 0.15) is 0 Å². The van der Waals surface area contributed by atoms with Crippen molar-refractivity contribution in [3.8, 4) is 0 Å². The van der Waals surface area contributed by atoms with Crippen LogP contribution in [0.4, 0.5) is 0 Å². The van der Waals surface area contributed by atoms with Gasteiger partial charge in [-0.25, -0.2) is 4.98 Å². The van der Waals surface area contributed by atoms with E-state index < -0.39 is 0 Å². The van der Waals surface area contributed by atoms with Crippen LogP contribution in [-0.2, 0) is 24.8 Å². The van der Waals surface area contributed by atoms with Gasteiger partial charge in [-0.3, -0.25) is 9.69 Å². The van der Waals surface area contributed by atoms with Crippen LogP contribution in [0.2, 0.25) is 0 Å². The Balaban J connectivity index is 1.76. The third-order valence-corrected chi connectivity index (χ3v) is 4.00. The number of benzene rings is 1. The number of piperazine rings is 1. The monoisotopic (exact) mass is 284 g/mol. The lowest BCUT2D eigenvalue weighted by Crippen LogP contribution is -2.55. The predicted molar refractivity (Wildman–Crippen MR) is 80.6 cm³/mol. The zero-order valence-corrected chi connectivity index (χ0v) is 12.2. The number of nitrogens with zero attached hydrogens (tertiary/aromatic N) is 3. The van der Waals surface area contributed by atoms with Gasteiger partial charge in [0.15, 0.2) is 0 Å². The fourth-order valence-electron chi connectivity index (χ4n) is 2.76. The second-order valence-corrected chi connectivity index (χ2v) is 5.46. The first-order valence-corrected chi connectivity index (χ1v) is 7.25. The second kappa shape index (κ2) is 6.10. The molecule has 2 heterocycles. The Kier molecular flexibility index (Phi) is 4.01. The molecular weight excluding hydrogens is 264 g/mol. The molecule has 0 bridgehead atoms. The Morgan fingerprint density at radius 1 is 1.33 bits per heavy atom. The van der Waals surface area contributed by atoms with Gasteiger partial charge in [0.2, 0.25) is 5.91 Å². The number of hydrogen-bond donors (Lipinski definition) is 1. The summed E-state index contributed by atoms with van der Waals surface area (Å²) in [4.78, 5) is 18.6. The number of imidazole rings is 1. The number of aryl methyl sites for hydroxylation is 1.